The Kier molecular flexibility index (Phi) is 5.01. The molecule has 0 amide bonds. The van der Waals surface area contributed by atoms with Gasteiger partial charge in [-0.2, -0.15) is 11.8 Å². The van der Waals surface area contributed by atoms with Gasteiger partial charge in [0.2, 0.25) is 0 Å². The van der Waals surface area contributed by atoms with Gasteiger partial charge in [-0.15, -0.1) is 0 Å². The zero-order valence-corrected chi connectivity index (χ0v) is 13.3. The smallest absolute Gasteiger partial charge is 0.126 e. The molecule has 0 radical (unpaired) electrons. The van der Waals surface area contributed by atoms with Crippen molar-refractivity contribution in [2.24, 2.45) is 0 Å². The first-order valence-electron chi connectivity index (χ1n) is 6.60. The van der Waals surface area contributed by atoms with Crippen molar-refractivity contribution in [2.45, 2.75) is 26.1 Å². The number of furan rings is 1. The van der Waals surface area contributed by atoms with Gasteiger partial charge in [0.1, 0.15) is 17.3 Å². The van der Waals surface area contributed by atoms with E-state index in [-0.39, 0.29) is 0 Å². The molecule has 0 bridgehead atoms. The van der Waals surface area contributed by atoms with Gasteiger partial charge in [0, 0.05) is 11.3 Å². The number of anilines is 1. The maximum Gasteiger partial charge on any atom is 0.126 e. The van der Waals surface area contributed by atoms with Crippen molar-refractivity contribution in [3.05, 3.63) is 46.9 Å². The van der Waals surface area contributed by atoms with Gasteiger partial charge < -0.3 is 14.5 Å². The molecule has 1 heterocycles. The molecule has 0 spiro atoms. The number of benzene rings is 1. The Balaban J connectivity index is 2.06. The van der Waals surface area contributed by atoms with E-state index in [1.807, 2.05) is 12.1 Å². The van der Waals surface area contributed by atoms with E-state index >= 15 is 0 Å². The minimum atomic E-state index is 0.682. The van der Waals surface area contributed by atoms with Gasteiger partial charge in [-0.3, -0.25) is 0 Å². The maximum atomic E-state index is 5.75. The Bertz CT molecular complexity index is 578. The van der Waals surface area contributed by atoms with Crippen LogP contribution in [0.1, 0.15) is 22.6 Å². The van der Waals surface area contributed by atoms with E-state index in [4.69, 9.17) is 9.15 Å². The average molecular weight is 291 g/mol. The summed E-state index contributed by atoms with van der Waals surface area (Å²) in [5.74, 6) is 3.83. The minimum absolute atomic E-state index is 0.682. The number of thioether (sulfide) groups is 1. The third-order valence-corrected chi connectivity index (χ3v) is 3.84. The number of aryl methyl sites for hydroxylation is 1. The molecule has 0 unspecified atom stereocenters. The fourth-order valence-corrected chi connectivity index (χ4v) is 2.69. The lowest BCUT2D eigenvalue weighted by Gasteiger charge is -2.14. The van der Waals surface area contributed by atoms with Crippen LogP contribution in [0.15, 0.2) is 28.7 Å². The van der Waals surface area contributed by atoms with Gasteiger partial charge in [-0.25, -0.2) is 0 Å². The van der Waals surface area contributed by atoms with Crippen molar-refractivity contribution in [2.75, 3.05) is 18.7 Å². The molecule has 0 atom stereocenters. The summed E-state index contributed by atoms with van der Waals surface area (Å²) in [7, 11) is 1.71. The number of methoxy groups -OCH3 is 1. The highest BCUT2D eigenvalue weighted by Crippen LogP contribution is 2.29. The van der Waals surface area contributed by atoms with Crippen molar-refractivity contribution in [3.8, 4) is 5.75 Å². The number of ether oxygens (including phenoxy) is 1. The molecule has 3 nitrogen and oxygen atoms in total. The number of nitrogens with one attached hydrogen (secondary N) is 1. The Morgan fingerprint density at radius 2 is 1.90 bits per heavy atom. The van der Waals surface area contributed by atoms with E-state index in [0.717, 1.165) is 39.8 Å². The lowest BCUT2D eigenvalue weighted by molar-refractivity contribution is 0.409. The molecule has 108 valence electrons. The first kappa shape index (κ1) is 14.9. The summed E-state index contributed by atoms with van der Waals surface area (Å²) >= 11 is 1.76. The van der Waals surface area contributed by atoms with Crippen LogP contribution in [0.3, 0.4) is 0 Å². The van der Waals surface area contributed by atoms with Gasteiger partial charge in [0.05, 0.1) is 19.4 Å². The van der Waals surface area contributed by atoms with Crippen LogP contribution in [0.25, 0.3) is 0 Å². The summed E-state index contributed by atoms with van der Waals surface area (Å²) in [5.41, 5.74) is 3.36. The molecule has 1 N–H and O–H groups in total. The second-order valence-corrected chi connectivity index (χ2v) is 5.61. The zero-order valence-electron chi connectivity index (χ0n) is 12.4. The third-order valence-electron chi connectivity index (χ3n) is 3.26. The summed E-state index contributed by atoms with van der Waals surface area (Å²) in [6, 6.07) is 8.21. The largest absolute Gasteiger partial charge is 0.496 e. The second kappa shape index (κ2) is 6.75. The topological polar surface area (TPSA) is 34.4 Å². The Morgan fingerprint density at radius 1 is 1.15 bits per heavy atom. The van der Waals surface area contributed by atoms with E-state index in [9.17, 15) is 0 Å². The quantitative estimate of drug-likeness (QED) is 0.856. The van der Waals surface area contributed by atoms with Crippen molar-refractivity contribution >= 4 is 17.4 Å². The summed E-state index contributed by atoms with van der Waals surface area (Å²) < 4.78 is 11.2. The molecule has 2 rings (SSSR count). The zero-order chi connectivity index (χ0) is 14.5. The molecule has 0 aliphatic heterocycles. The van der Waals surface area contributed by atoms with E-state index in [2.05, 4.69) is 37.6 Å². The highest BCUT2D eigenvalue weighted by molar-refractivity contribution is 7.97. The lowest BCUT2D eigenvalue weighted by Crippen LogP contribution is -2.02. The number of rotatable bonds is 6. The van der Waals surface area contributed by atoms with Crippen LogP contribution >= 0.6 is 11.8 Å². The Hall–Kier alpha value is -1.55. The van der Waals surface area contributed by atoms with Crippen molar-refractivity contribution in [1.82, 2.24) is 0 Å². The van der Waals surface area contributed by atoms with Crippen LogP contribution in [0.5, 0.6) is 5.75 Å². The van der Waals surface area contributed by atoms with Gasteiger partial charge >= 0.3 is 0 Å². The standard InChI is InChI=1S/C16H21NO2S/c1-11-5-8-15(12(2)16(11)18-3)17-9-13-6-7-14(19-13)10-20-4/h5-8,17H,9-10H2,1-4H3. The third kappa shape index (κ3) is 3.31. The number of hydrogen-bond donors (Lipinski definition) is 1. The molecule has 20 heavy (non-hydrogen) atoms. The van der Waals surface area contributed by atoms with Gasteiger partial charge in [0.25, 0.3) is 0 Å². The van der Waals surface area contributed by atoms with Crippen LogP contribution in [0, 0.1) is 13.8 Å². The molecule has 0 saturated heterocycles. The van der Waals surface area contributed by atoms with E-state index in [0.29, 0.717) is 6.54 Å². The van der Waals surface area contributed by atoms with E-state index < -0.39 is 0 Å². The van der Waals surface area contributed by atoms with Gasteiger partial charge in [-0.05, 0) is 43.9 Å². The predicted molar refractivity (Wildman–Crippen MR) is 85.7 cm³/mol. The summed E-state index contributed by atoms with van der Waals surface area (Å²) in [4.78, 5) is 0. The lowest BCUT2D eigenvalue weighted by atomic mass is 10.1. The maximum absolute atomic E-state index is 5.75. The van der Waals surface area contributed by atoms with Crippen molar-refractivity contribution in [3.63, 3.8) is 0 Å². The molecule has 1 aromatic heterocycles. The summed E-state index contributed by atoms with van der Waals surface area (Å²) in [6.45, 7) is 4.80. The summed E-state index contributed by atoms with van der Waals surface area (Å²) in [6.07, 6.45) is 2.07. The van der Waals surface area contributed by atoms with E-state index in [1.54, 1.807) is 18.9 Å². The SMILES string of the molecule is COc1c(C)ccc(NCc2ccc(CSC)o2)c1C. The monoisotopic (exact) mass is 291 g/mol. The summed E-state index contributed by atoms with van der Waals surface area (Å²) in [5, 5.41) is 3.41. The molecule has 0 aliphatic rings. The normalized spacial score (nSPS) is 10.6. The van der Waals surface area contributed by atoms with Crippen molar-refractivity contribution in [1.29, 1.82) is 0 Å². The highest BCUT2D eigenvalue weighted by Gasteiger charge is 2.08. The van der Waals surface area contributed by atoms with Gasteiger partial charge in [-0.1, -0.05) is 6.07 Å². The number of hydrogen-bond acceptors (Lipinski definition) is 4. The fourth-order valence-electron chi connectivity index (χ4n) is 2.25. The first-order chi connectivity index (χ1) is 9.65. The predicted octanol–water partition coefficient (Wildman–Crippen LogP) is 4.38. The highest BCUT2D eigenvalue weighted by atomic mass is 32.2. The first-order valence-corrected chi connectivity index (χ1v) is 7.99. The molecular weight excluding hydrogens is 270 g/mol. The average Bonchev–Trinajstić information content (AvgIpc) is 2.87. The van der Waals surface area contributed by atoms with Crippen LogP contribution in [0.2, 0.25) is 0 Å². The second-order valence-electron chi connectivity index (χ2n) is 4.74. The molecule has 2 aromatic rings. The minimum Gasteiger partial charge on any atom is -0.496 e. The molecule has 0 saturated carbocycles. The van der Waals surface area contributed by atoms with Crippen LogP contribution in [-0.2, 0) is 12.3 Å². The van der Waals surface area contributed by atoms with Crippen LogP contribution < -0.4 is 10.1 Å². The molecule has 1 aromatic carbocycles. The Morgan fingerprint density at radius 3 is 2.60 bits per heavy atom. The van der Waals surface area contributed by atoms with Crippen LogP contribution in [-0.4, -0.2) is 13.4 Å². The molecular formula is C16H21NO2S. The van der Waals surface area contributed by atoms with Crippen molar-refractivity contribution < 1.29 is 9.15 Å². The molecule has 0 aliphatic carbocycles. The molecule has 0 fully saturated rings. The van der Waals surface area contributed by atoms with E-state index in [1.165, 1.54) is 0 Å². The van der Waals surface area contributed by atoms with Crippen LogP contribution in [0.4, 0.5) is 5.69 Å². The fraction of sp³-hybridized carbons (Fsp3) is 0.375. The van der Waals surface area contributed by atoms with Gasteiger partial charge in [0.15, 0.2) is 0 Å². The molecule has 4 heteroatoms. The Labute approximate surface area is 124 Å².